The maximum absolute atomic E-state index is 13.6. The van der Waals surface area contributed by atoms with E-state index in [9.17, 15) is 19.6 Å². The number of phenols is 1. The zero-order valence-electron chi connectivity index (χ0n) is 22.7. The highest BCUT2D eigenvalue weighted by atomic mass is 16.3. The summed E-state index contributed by atoms with van der Waals surface area (Å²) in [6.45, 7) is 8.67. The van der Waals surface area contributed by atoms with Crippen LogP contribution in [0, 0.1) is 10.8 Å². The first-order valence-corrected chi connectivity index (χ1v) is 14.2. The van der Waals surface area contributed by atoms with E-state index in [1.165, 1.54) is 19.4 Å². The van der Waals surface area contributed by atoms with Crippen molar-refractivity contribution in [3.8, 4) is 5.75 Å². The van der Waals surface area contributed by atoms with Crippen LogP contribution in [0.1, 0.15) is 53.7 Å². The minimum Gasteiger partial charge on any atom is -0.508 e. The highest BCUT2D eigenvalue weighted by Crippen LogP contribution is 2.35. The van der Waals surface area contributed by atoms with E-state index in [1.54, 1.807) is 6.07 Å². The molecule has 0 radical (unpaired) electrons. The monoisotopic (exact) mass is 533 g/mol. The maximum Gasteiger partial charge on any atom is 0.300 e. The predicted molar refractivity (Wildman–Crippen MR) is 149 cm³/mol. The molecule has 9 heteroatoms. The number of aromatic hydroxyl groups is 1. The van der Waals surface area contributed by atoms with Crippen molar-refractivity contribution in [2.75, 3.05) is 58.9 Å². The first-order chi connectivity index (χ1) is 18.9. The molecule has 3 fully saturated rings. The molecule has 0 aromatic heterocycles. The predicted octanol–water partition coefficient (Wildman–Crippen LogP) is 3.34. The minimum atomic E-state index is -0.678. The Morgan fingerprint density at radius 1 is 0.949 bits per heavy atom. The molecule has 2 unspecified atom stereocenters. The van der Waals surface area contributed by atoms with E-state index < -0.39 is 5.91 Å². The van der Waals surface area contributed by atoms with Gasteiger partial charge in [0.2, 0.25) is 0 Å². The lowest BCUT2D eigenvalue weighted by Gasteiger charge is -2.44. The summed E-state index contributed by atoms with van der Waals surface area (Å²) in [6.07, 6.45) is 3.43. The summed E-state index contributed by atoms with van der Waals surface area (Å²) in [7, 11) is 0. The lowest BCUT2D eigenvalue weighted by atomic mass is 9.93. The molecule has 2 atom stereocenters. The molecule has 2 heterocycles. The summed E-state index contributed by atoms with van der Waals surface area (Å²) in [5, 5.41) is 12.8. The average molecular weight is 534 g/mol. The van der Waals surface area contributed by atoms with E-state index >= 15 is 0 Å². The van der Waals surface area contributed by atoms with Gasteiger partial charge < -0.3 is 14.9 Å². The SMILES string of the molecule is CC1CN(CC2CC2)CCN1C(c1cccc(O)c1)c1cccc(C(=O)N2CCCN(CC(=O)N=O)CC2)c1. The van der Waals surface area contributed by atoms with Crippen LogP contribution < -0.4 is 0 Å². The van der Waals surface area contributed by atoms with Gasteiger partial charge in [-0.1, -0.05) is 24.3 Å². The zero-order chi connectivity index (χ0) is 27.4. The fourth-order valence-corrected chi connectivity index (χ4v) is 6.11. The van der Waals surface area contributed by atoms with Crippen LogP contribution in [0.3, 0.4) is 0 Å². The average Bonchev–Trinajstić information content (AvgIpc) is 3.77. The number of nitroso groups, excluding NO2 is 1. The summed E-state index contributed by atoms with van der Waals surface area (Å²) in [6, 6.07) is 15.6. The summed E-state index contributed by atoms with van der Waals surface area (Å²) in [5.74, 6) is 0.391. The van der Waals surface area contributed by atoms with E-state index in [2.05, 4.69) is 34.0 Å². The molecular formula is C30H39N5O4. The summed E-state index contributed by atoms with van der Waals surface area (Å²) < 4.78 is 0. The van der Waals surface area contributed by atoms with Gasteiger partial charge in [0.1, 0.15) is 5.75 Å². The van der Waals surface area contributed by atoms with Crippen LogP contribution in [0.2, 0.25) is 0 Å². The molecule has 5 rings (SSSR count). The Morgan fingerprint density at radius 2 is 1.69 bits per heavy atom. The van der Waals surface area contributed by atoms with Gasteiger partial charge in [0, 0.05) is 69.1 Å². The van der Waals surface area contributed by atoms with Crippen molar-refractivity contribution in [3.05, 3.63) is 70.1 Å². The number of phenolic OH excluding ortho intramolecular Hbond substituents is 1. The highest BCUT2D eigenvalue weighted by Gasteiger charge is 2.34. The van der Waals surface area contributed by atoms with Crippen LogP contribution in [0.15, 0.2) is 53.7 Å². The number of carbonyl (C=O) groups excluding carboxylic acids is 2. The molecule has 1 N–H and O–H groups in total. The van der Waals surface area contributed by atoms with E-state index in [0.29, 0.717) is 37.8 Å². The molecule has 0 bridgehead atoms. The highest BCUT2D eigenvalue weighted by molar-refractivity contribution is 5.94. The van der Waals surface area contributed by atoms with Gasteiger partial charge in [-0.2, -0.15) is 0 Å². The van der Waals surface area contributed by atoms with Crippen molar-refractivity contribution in [2.24, 2.45) is 11.1 Å². The van der Waals surface area contributed by atoms with Crippen molar-refractivity contribution >= 4 is 11.8 Å². The molecular weight excluding hydrogens is 494 g/mol. The second kappa shape index (κ2) is 12.4. The topological polar surface area (TPSA) is 96.8 Å². The van der Waals surface area contributed by atoms with Crippen LogP contribution in [-0.4, -0.2) is 101 Å². The third-order valence-electron chi connectivity index (χ3n) is 8.28. The number of piperazine rings is 1. The molecule has 2 amide bonds. The van der Waals surface area contributed by atoms with Crippen molar-refractivity contribution in [1.29, 1.82) is 0 Å². The Labute approximate surface area is 230 Å². The van der Waals surface area contributed by atoms with Gasteiger partial charge >= 0.3 is 0 Å². The number of amides is 2. The zero-order valence-corrected chi connectivity index (χ0v) is 22.7. The van der Waals surface area contributed by atoms with Crippen LogP contribution in [0.25, 0.3) is 0 Å². The van der Waals surface area contributed by atoms with Gasteiger partial charge in [0.15, 0.2) is 0 Å². The third kappa shape index (κ3) is 6.90. The molecule has 3 aliphatic rings. The summed E-state index contributed by atoms with van der Waals surface area (Å²) in [5.41, 5.74) is 2.69. The van der Waals surface area contributed by atoms with E-state index in [0.717, 1.165) is 43.1 Å². The Bertz CT molecular complexity index is 1190. The first kappa shape index (κ1) is 27.4. The van der Waals surface area contributed by atoms with Crippen LogP contribution in [-0.2, 0) is 4.79 Å². The van der Waals surface area contributed by atoms with E-state index in [1.807, 2.05) is 40.1 Å². The van der Waals surface area contributed by atoms with E-state index in [4.69, 9.17) is 0 Å². The molecule has 208 valence electrons. The fourth-order valence-electron chi connectivity index (χ4n) is 6.11. The minimum absolute atomic E-state index is 0.00127. The van der Waals surface area contributed by atoms with Crippen LogP contribution >= 0.6 is 0 Å². The van der Waals surface area contributed by atoms with Gasteiger partial charge in [0.25, 0.3) is 11.8 Å². The van der Waals surface area contributed by atoms with Gasteiger partial charge in [-0.05, 0) is 67.5 Å². The second-order valence-corrected chi connectivity index (χ2v) is 11.3. The smallest absolute Gasteiger partial charge is 0.300 e. The molecule has 2 aromatic carbocycles. The Hall–Kier alpha value is -3.14. The molecule has 2 aliphatic heterocycles. The summed E-state index contributed by atoms with van der Waals surface area (Å²) in [4.78, 5) is 44.4. The summed E-state index contributed by atoms with van der Waals surface area (Å²) >= 11 is 0. The lowest BCUT2D eigenvalue weighted by Crippen LogP contribution is -2.53. The van der Waals surface area contributed by atoms with Crippen molar-refractivity contribution in [1.82, 2.24) is 19.6 Å². The molecule has 2 saturated heterocycles. The number of hydrogen-bond donors (Lipinski definition) is 1. The number of rotatable bonds is 8. The van der Waals surface area contributed by atoms with Crippen molar-refractivity contribution in [2.45, 2.75) is 38.3 Å². The van der Waals surface area contributed by atoms with Gasteiger partial charge in [-0.15, -0.1) is 4.91 Å². The molecule has 1 saturated carbocycles. The number of nitrogens with zero attached hydrogens (tertiary/aromatic N) is 5. The standard InChI is InChI=1S/C30H39N5O4/c1-22-19-33(20-23-9-10-23)14-16-35(22)29(25-6-3-8-27(36)18-25)24-5-2-7-26(17-24)30(38)34-12-4-11-32(13-15-34)21-28(37)31-39/h2-3,5-8,17-18,22-23,29,36H,4,9-16,19-21H2,1H3. The van der Waals surface area contributed by atoms with Crippen molar-refractivity contribution in [3.63, 3.8) is 0 Å². The number of hydrogen-bond acceptors (Lipinski definition) is 7. The van der Waals surface area contributed by atoms with Gasteiger partial charge in [0.05, 0.1) is 12.6 Å². The van der Waals surface area contributed by atoms with E-state index in [-0.39, 0.29) is 24.2 Å². The first-order valence-electron chi connectivity index (χ1n) is 14.2. The normalized spacial score (nSPS) is 22.3. The third-order valence-corrected chi connectivity index (χ3v) is 8.28. The molecule has 2 aromatic rings. The van der Waals surface area contributed by atoms with Gasteiger partial charge in [-0.25, -0.2) is 0 Å². The molecule has 39 heavy (non-hydrogen) atoms. The molecule has 1 aliphatic carbocycles. The fraction of sp³-hybridized carbons (Fsp3) is 0.533. The second-order valence-electron chi connectivity index (χ2n) is 11.3. The number of benzene rings is 2. The largest absolute Gasteiger partial charge is 0.508 e. The Morgan fingerprint density at radius 3 is 2.41 bits per heavy atom. The quantitative estimate of drug-likeness (QED) is 0.520. The molecule has 9 nitrogen and oxygen atoms in total. The van der Waals surface area contributed by atoms with Crippen LogP contribution in [0.5, 0.6) is 5.75 Å². The lowest BCUT2D eigenvalue weighted by molar-refractivity contribution is -0.119. The van der Waals surface area contributed by atoms with Gasteiger partial charge in [-0.3, -0.25) is 19.4 Å². The van der Waals surface area contributed by atoms with Crippen molar-refractivity contribution < 1.29 is 14.7 Å². The van der Waals surface area contributed by atoms with Crippen LogP contribution in [0.4, 0.5) is 0 Å². The Kier molecular flexibility index (Phi) is 8.69. The maximum atomic E-state index is 13.6. The Balaban J connectivity index is 1.36. The number of carbonyl (C=O) groups is 2. The molecule has 0 spiro atoms.